The topological polar surface area (TPSA) is 9.23 Å². The van der Waals surface area contributed by atoms with Crippen molar-refractivity contribution in [3.63, 3.8) is 0 Å². The summed E-state index contributed by atoms with van der Waals surface area (Å²) in [7, 11) is 1.41. The van der Waals surface area contributed by atoms with Crippen LogP contribution in [-0.4, -0.2) is 7.11 Å². The number of ether oxygens (including phenoxy) is 1. The zero-order valence-electron chi connectivity index (χ0n) is 7.66. The number of hydrogen-bond donors (Lipinski definition) is 0. The fourth-order valence-corrected chi connectivity index (χ4v) is 2.10. The lowest BCUT2D eigenvalue weighted by atomic mass is 10.1. The smallest absolute Gasteiger partial charge is 0.416 e. The summed E-state index contributed by atoms with van der Waals surface area (Å²) < 4.78 is 42.9. The van der Waals surface area contributed by atoms with Gasteiger partial charge in [-0.3, -0.25) is 0 Å². The minimum Gasteiger partial charge on any atom is -0.496 e. The van der Waals surface area contributed by atoms with Gasteiger partial charge in [0.1, 0.15) is 5.75 Å². The lowest BCUT2D eigenvalue weighted by Crippen LogP contribution is -2.08. The van der Waals surface area contributed by atoms with Crippen molar-refractivity contribution in [3.8, 4) is 5.75 Å². The van der Waals surface area contributed by atoms with Crippen LogP contribution in [-0.2, 0) is 11.5 Å². The van der Waals surface area contributed by atoms with Crippen LogP contribution in [0.2, 0.25) is 0 Å². The van der Waals surface area contributed by atoms with Gasteiger partial charge in [-0.15, -0.1) is 0 Å². The number of benzene rings is 1. The molecule has 0 spiro atoms. The molecule has 0 aliphatic carbocycles. The van der Waals surface area contributed by atoms with Gasteiger partial charge >= 0.3 is 6.18 Å². The predicted octanol–water partition coefficient (Wildman–Crippen LogP) is 4.37. The molecule has 0 amide bonds. The van der Waals surface area contributed by atoms with Crippen molar-refractivity contribution in [1.82, 2.24) is 0 Å². The summed E-state index contributed by atoms with van der Waals surface area (Å²) in [4.78, 5) is 0. The second-order valence-electron chi connectivity index (χ2n) is 2.78. The highest BCUT2D eigenvalue weighted by Gasteiger charge is 2.33. The van der Waals surface area contributed by atoms with Gasteiger partial charge in [0.15, 0.2) is 0 Å². The molecule has 0 saturated carbocycles. The second kappa shape index (κ2) is 4.74. The van der Waals surface area contributed by atoms with Crippen LogP contribution in [0.5, 0.6) is 5.75 Å². The third-order valence-electron chi connectivity index (χ3n) is 1.83. The maximum absolute atomic E-state index is 12.6. The molecular formula is C9H7Br2F3O. The fourth-order valence-electron chi connectivity index (χ4n) is 1.13. The molecule has 0 aromatic heterocycles. The first-order chi connectivity index (χ1) is 6.90. The average molecular weight is 348 g/mol. The van der Waals surface area contributed by atoms with Crippen molar-refractivity contribution in [2.75, 3.05) is 7.11 Å². The molecule has 1 nitrogen and oxygen atoms in total. The van der Waals surface area contributed by atoms with Gasteiger partial charge in [-0.25, -0.2) is 0 Å². The molecule has 1 rings (SSSR count). The van der Waals surface area contributed by atoms with E-state index in [0.717, 1.165) is 6.07 Å². The van der Waals surface area contributed by atoms with Crippen molar-refractivity contribution < 1.29 is 17.9 Å². The Morgan fingerprint density at radius 3 is 2.33 bits per heavy atom. The minimum atomic E-state index is -4.35. The van der Waals surface area contributed by atoms with E-state index in [1.807, 2.05) is 0 Å². The van der Waals surface area contributed by atoms with Gasteiger partial charge in [0, 0.05) is 5.33 Å². The Kier molecular flexibility index (Phi) is 4.06. The van der Waals surface area contributed by atoms with Crippen LogP contribution in [0, 0.1) is 0 Å². The maximum Gasteiger partial charge on any atom is 0.416 e. The first-order valence-corrected chi connectivity index (χ1v) is 5.81. The standard InChI is InChI=1S/C9H7Br2F3O/c1-15-8-2-5(4-10)6(3-7(8)11)9(12,13)14/h2-3H,4H2,1H3. The van der Waals surface area contributed by atoms with Crippen LogP contribution < -0.4 is 4.74 Å². The molecule has 0 heterocycles. The normalized spacial score (nSPS) is 11.6. The van der Waals surface area contributed by atoms with Crippen molar-refractivity contribution >= 4 is 31.9 Å². The fraction of sp³-hybridized carbons (Fsp3) is 0.333. The van der Waals surface area contributed by atoms with Crippen molar-refractivity contribution in [2.45, 2.75) is 11.5 Å². The van der Waals surface area contributed by atoms with E-state index in [0.29, 0.717) is 10.2 Å². The molecule has 84 valence electrons. The Morgan fingerprint density at radius 2 is 1.93 bits per heavy atom. The van der Waals surface area contributed by atoms with Gasteiger partial charge in [0.05, 0.1) is 17.1 Å². The van der Waals surface area contributed by atoms with E-state index in [1.54, 1.807) is 0 Å². The molecule has 0 aliphatic rings. The summed E-state index contributed by atoms with van der Waals surface area (Å²) in [5.74, 6) is 0.387. The van der Waals surface area contributed by atoms with E-state index in [4.69, 9.17) is 4.74 Å². The van der Waals surface area contributed by atoms with Gasteiger partial charge in [-0.2, -0.15) is 13.2 Å². The lowest BCUT2D eigenvalue weighted by Gasteiger charge is -2.13. The Morgan fingerprint density at radius 1 is 1.33 bits per heavy atom. The van der Waals surface area contributed by atoms with E-state index in [2.05, 4.69) is 31.9 Å². The Balaban J connectivity index is 3.34. The van der Waals surface area contributed by atoms with Crippen LogP contribution in [0.3, 0.4) is 0 Å². The number of hydrogen-bond acceptors (Lipinski definition) is 1. The van der Waals surface area contributed by atoms with E-state index >= 15 is 0 Å². The molecule has 0 aliphatic heterocycles. The largest absolute Gasteiger partial charge is 0.496 e. The highest BCUT2D eigenvalue weighted by atomic mass is 79.9. The second-order valence-corrected chi connectivity index (χ2v) is 4.19. The molecule has 6 heteroatoms. The molecule has 1 aromatic carbocycles. The summed E-state index contributed by atoms with van der Waals surface area (Å²) >= 11 is 6.04. The van der Waals surface area contributed by atoms with Crippen molar-refractivity contribution in [1.29, 1.82) is 0 Å². The predicted molar refractivity (Wildman–Crippen MR) is 58.3 cm³/mol. The summed E-state index contributed by atoms with van der Waals surface area (Å²) in [6.45, 7) is 0. The Bertz CT molecular complexity index is 363. The minimum absolute atomic E-state index is 0.130. The SMILES string of the molecule is COc1cc(CBr)c(C(F)(F)F)cc1Br. The zero-order chi connectivity index (χ0) is 11.6. The molecule has 0 fully saturated rings. The third kappa shape index (κ3) is 2.87. The number of alkyl halides is 4. The molecule has 0 atom stereocenters. The summed E-state index contributed by atoms with van der Waals surface area (Å²) in [5, 5.41) is 0.130. The molecule has 0 bridgehead atoms. The number of halogens is 5. The van der Waals surface area contributed by atoms with Crippen LogP contribution in [0.4, 0.5) is 13.2 Å². The molecule has 0 radical (unpaired) electrons. The quantitative estimate of drug-likeness (QED) is 0.722. The van der Waals surface area contributed by atoms with Crippen molar-refractivity contribution in [2.24, 2.45) is 0 Å². The summed E-state index contributed by atoms with van der Waals surface area (Å²) in [6, 6.07) is 2.39. The number of methoxy groups -OCH3 is 1. The van der Waals surface area contributed by atoms with Gasteiger partial charge in [0.2, 0.25) is 0 Å². The molecule has 0 unspecified atom stereocenters. The van der Waals surface area contributed by atoms with Crippen LogP contribution >= 0.6 is 31.9 Å². The molecule has 0 saturated heterocycles. The van der Waals surface area contributed by atoms with Gasteiger partial charge in [0.25, 0.3) is 0 Å². The number of rotatable bonds is 2. The Labute approximate surface area is 102 Å². The van der Waals surface area contributed by atoms with Gasteiger partial charge in [-0.05, 0) is 33.6 Å². The summed E-state index contributed by atoms with van der Waals surface area (Å²) in [6.07, 6.45) is -4.35. The molecule has 1 aromatic rings. The highest BCUT2D eigenvalue weighted by Crippen LogP contribution is 2.38. The maximum atomic E-state index is 12.6. The van der Waals surface area contributed by atoms with E-state index in [1.165, 1.54) is 13.2 Å². The lowest BCUT2D eigenvalue weighted by molar-refractivity contribution is -0.138. The first kappa shape index (κ1) is 12.8. The highest BCUT2D eigenvalue weighted by molar-refractivity contribution is 9.10. The van der Waals surface area contributed by atoms with E-state index < -0.39 is 11.7 Å². The van der Waals surface area contributed by atoms with Crippen LogP contribution in [0.1, 0.15) is 11.1 Å². The van der Waals surface area contributed by atoms with E-state index in [9.17, 15) is 13.2 Å². The monoisotopic (exact) mass is 346 g/mol. The summed E-state index contributed by atoms with van der Waals surface area (Å²) in [5.41, 5.74) is -0.505. The van der Waals surface area contributed by atoms with Gasteiger partial charge in [-0.1, -0.05) is 15.9 Å². The third-order valence-corrected chi connectivity index (χ3v) is 3.05. The molecule has 0 N–H and O–H groups in total. The molecule has 15 heavy (non-hydrogen) atoms. The van der Waals surface area contributed by atoms with Crippen LogP contribution in [0.25, 0.3) is 0 Å². The first-order valence-electron chi connectivity index (χ1n) is 3.89. The van der Waals surface area contributed by atoms with Gasteiger partial charge < -0.3 is 4.74 Å². The van der Waals surface area contributed by atoms with Crippen molar-refractivity contribution in [3.05, 3.63) is 27.7 Å². The van der Waals surface area contributed by atoms with Crippen LogP contribution in [0.15, 0.2) is 16.6 Å². The molecular weight excluding hydrogens is 341 g/mol. The zero-order valence-corrected chi connectivity index (χ0v) is 10.8. The van der Waals surface area contributed by atoms with E-state index in [-0.39, 0.29) is 10.9 Å². The Hall–Kier alpha value is -0.230. The average Bonchev–Trinajstić information content (AvgIpc) is 2.16.